The summed E-state index contributed by atoms with van der Waals surface area (Å²) in [7, 11) is 0. The third-order valence-electron chi connectivity index (χ3n) is 4.41. The Morgan fingerprint density at radius 2 is 1.80 bits per heavy atom. The van der Waals surface area contributed by atoms with Crippen molar-refractivity contribution < 1.29 is 23.2 Å². The van der Waals surface area contributed by atoms with Crippen LogP contribution in [0.15, 0.2) is 12.1 Å². The van der Waals surface area contributed by atoms with Crippen molar-refractivity contribution in [3.8, 4) is 0 Å². The predicted octanol–water partition coefficient (Wildman–Crippen LogP) is 2.83. The highest BCUT2D eigenvalue weighted by molar-refractivity contribution is 5.69. The fourth-order valence-electron chi connectivity index (χ4n) is 3.33. The lowest BCUT2D eigenvalue weighted by Gasteiger charge is -2.24. The summed E-state index contributed by atoms with van der Waals surface area (Å²) in [4.78, 5) is 23.1. The van der Waals surface area contributed by atoms with Crippen LogP contribution in [0.25, 0.3) is 0 Å². The van der Waals surface area contributed by atoms with Crippen LogP contribution in [-0.4, -0.2) is 35.7 Å². The van der Waals surface area contributed by atoms with Gasteiger partial charge in [-0.1, -0.05) is 0 Å². The van der Waals surface area contributed by atoms with E-state index in [0.29, 0.717) is 13.1 Å². The molecular formula is C16H19F2N3O4. The predicted molar refractivity (Wildman–Crippen MR) is 85.4 cm³/mol. The van der Waals surface area contributed by atoms with E-state index < -0.39 is 33.9 Å². The van der Waals surface area contributed by atoms with E-state index in [9.17, 15) is 23.7 Å². The number of hydrogen-bond donors (Lipinski definition) is 1. The monoisotopic (exact) mass is 355 g/mol. The Labute approximate surface area is 143 Å². The molecule has 1 saturated heterocycles. The van der Waals surface area contributed by atoms with Crippen molar-refractivity contribution >= 4 is 17.5 Å². The van der Waals surface area contributed by atoms with E-state index in [2.05, 4.69) is 5.32 Å². The number of non-ortho nitro benzene ring substituents is 1. The average Bonchev–Trinajstić information content (AvgIpc) is 2.90. The molecule has 2 atom stereocenters. The molecule has 1 aliphatic heterocycles. The summed E-state index contributed by atoms with van der Waals surface area (Å²) in [6.07, 6.45) is -0.508. The summed E-state index contributed by atoms with van der Waals surface area (Å²) in [6, 6.07) is 1.37. The highest BCUT2D eigenvalue weighted by Gasteiger charge is 2.57. The molecule has 0 radical (unpaired) electrons. The largest absolute Gasteiger partial charge is 0.444 e. The van der Waals surface area contributed by atoms with Gasteiger partial charge in [0, 0.05) is 31.0 Å². The molecule has 0 bridgehead atoms. The molecule has 1 N–H and O–H groups in total. The number of benzene rings is 1. The molecule has 7 nitrogen and oxygen atoms in total. The van der Waals surface area contributed by atoms with Crippen LogP contribution in [0.5, 0.6) is 0 Å². The summed E-state index contributed by atoms with van der Waals surface area (Å²) >= 11 is 0. The van der Waals surface area contributed by atoms with Gasteiger partial charge in [0.05, 0.1) is 17.1 Å². The summed E-state index contributed by atoms with van der Waals surface area (Å²) < 4.78 is 33.4. The number of ether oxygens (including phenoxy) is 1. The molecule has 25 heavy (non-hydrogen) atoms. The van der Waals surface area contributed by atoms with Crippen LogP contribution in [0.2, 0.25) is 0 Å². The number of halogens is 2. The minimum absolute atomic E-state index is 0.0738. The molecule has 0 spiro atoms. The number of anilines is 1. The van der Waals surface area contributed by atoms with E-state index in [-0.39, 0.29) is 23.6 Å². The second-order valence-electron chi connectivity index (χ2n) is 7.42. The van der Waals surface area contributed by atoms with E-state index >= 15 is 0 Å². The number of piperidine rings is 1. The summed E-state index contributed by atoms with van der Waals surface area (Å²) in [5.41, 5.74) is -1.47. The van der Waals surface area contributed by atoms with Crippen molar-refractivity contribution in [3.05, 3.63) is 33.9 Å². The zero-order valence-corrected chi connectivity index (χ0v) is 14.1. The van der Waals surface area contributed by atoms with Crippen LogP contribution in [0, 0.1) is 33.6 Å². The first-order valence-corrected chi connectivity index (χ1v) is 7.95. The Morgan fingerprint density at radius 1 is 1.28 bits per heavy atom. The van der Waals surface area contributed by atoms with Gasteiger partial charge in [0.2, 0.25) is 0 Å². The quantitative estimate of drug-likeness (QED) is 0.666. The number of rotatable bonds is 3. The maximum absolute atomic E-state index is 14.1. The van der Waals surface area contributed by atoms with E-state index in [1.54, 1.807) is 20.8 Å². The Balaban J connectivity index is 1.62. The second kappa shape index (κ2) is 5.82. The number of carbonyl (C=O) groups excluding carboxylic acids is 1. The van der Waals surface area contributed by atoms with Gasteiger partial charge in [0.15, 0.2) is 11.6 Å². The van der Waals surface area contributed by atoms with Crippen LogP contribution >= 0.6 is 0 Å². The number of nitrogens with one attached hydrogen (secondary N) is 1. The highest BCUT2D eigenvalue weighted by Crippen LogP contribution is 2.48. The number of fused-ring (bicyclic) bond motifs is 1. The third-order valence-corrected chi connectivity index (χ3v) is 4.41. The lowest BCUT2D eigenvalue weighted by molar-refractivity contribution is -0.385. The van der Waals surface area contributed by atoms with Crippen LogP contribution in [-0.2, 0) is 4.74 Å². The molecule has 1 heterocycles. The minimum Gasteiger partial charge on any atom is -0.444 e. The number of hydrogen-bond acceptors (Lipinski definition) is 5. The Bertz CT molecular complexity index is 700. The van der Waals surface area contributed by atoms with Crippen molar-refractivity contribution in [2.24, 2.45) is 11.8 Å². The van der Waals surface area contributed by atoms with E-state index in [1.807, 2.05) is 0 Å². The first-order chi connectivity index (χ1) is 11.6. The van der Waals surface area contributed by atoms with Gasteiger partial charge in [-0.3, -0.25) is 10.1 Å². The van der Waals surface area contributed by atoms with Gasteiger partial charge < -0.3 is 15.0 Å². The van der Waals surface area contributed by atoms with Crippen LogP contribution in [0.1, 0.15) is 20.8 Å². The standard InChI is InChI=1S/C16H19F2N3O4/c1-16(2,3)25-15(22)19-13-9-6-20(7-10(9)13)14-11(17)4-8(21(23)24)5-12(14)18/h4-5,9-10,13H,6-7H2,1-3H3,(H,19,22). The fraction of sp³-hybridized carbons (Fsp3) is 0.562. The number of carbonyl (C=O) groups is 1. The Morgan fingerprint density at radius 3 is 2.24 bits per heavy atom. The number of nitrogens with zero attached hydrogens (tertiary/aromatic N) is 2. The molecule has 0 aromatic heterocycles. The fourth-order valence-corrected chi connectivity index (χ4v) is 3.33. The molecule has 2 unspecified atom stereocenters. The van der Waals surface area contributed by atoms with Gasteiger partial charge >= 0.3 is 6.09 Å². The highest BCUT2D eigenvalue weighted by atomic mass is 19.1. The lowest BCUT2D eigenvalue weighted by atomic mass is 10.2. The lowest BCUT2D eigenvalue weighted by Crippen LogP contribution is -2.38. The van der Waals surface area contributed by atoms with Gasteiger partial charge in [-0.15, -0.1) is 0 Å². The van der Waals surface area contributed by atoms with Gasteiger partial charge in [0.25, 0.3) is 5.69 Å². The van der Waals surface area contributed by atoms with E-state index in [4.69, 9.17) is 4.74 Å². The topological polar surface area (TPSA) is 84.7 Å². The van der Waals surface area contributed by atoms with Crippen LogP contribution < -0.4 is 10.2 Å². The molecule has 1 aromatic carbocycles. The van der Waals surface area contributed by atoms with Crippen LogP contribution in [0.4, 0.5) is 25.0 Å². The number of alkyl carbamates (subject to hydrolysis) is 1. The maximum Gasteiger partial charge on any atom is 0.407 e. The van der Waals surface area contributed by atoms with E-state index in [0.717, 1.165) is 12.1 Å². The van der Waals surface area contributed by atoms with Crippen molar-refractivity contribution in [2.75, 3.05) is 18.0 Å². The molecule has 1 aliphatic carbocycles. The minimum atomic E-state index is -0.954. The van der Waals surface area contributed by atoms with Gasteiger partial charge in [-0.2, -0.15) is 0 Å². The van der Waals surface area contributed by atoms with Crippen molar-refractivity contribution in [2.45, 2.75) is 32.4 Å². The SMILES string of the molecule is CC(C)(C)OC(=O)NC1C2CN(c3c(F)cc([N+](=O)[O-])cc3F)CC21. The Kier molecular flexibility index (Phi) is 4.04. The van der Waals surface area contributed by atoms with Gasteiger partial charge in [0.1, 0.15) is 11.3 Å². The molecule has 1 aromatic rings. The summed E-state index contributed by atoms with van der Waals surface area (Å²) in [5.74, 6) is -1.74. The molecule has 3 rings (SSSR count). The van der Waals surface area contributed by atoms with Crippen molar-refractivity contribution in [1.29, 1.82) is 0 Å². The third kappa shape index (κ3) is 3.49. The van der Waals surface area contributed by atoms with Crippen LogP contribution in [0.3, 0.4) is 0 Å². The number of nitro benzene ring substituents is 1. The molecule has 1 saturated carbocycles. The zero-order chi connectivity index (χ0) is 18.5. The summed E-state index contributed by atoms with van der Waals surface area (Å²) in [6.45, 7) is 6.04. The molecule has 1 amide bonds. The average molecular weight is 355 g/mol. The Hall–Kier alpha value is -2.45. The normalized spacial score (nSPS) is 24.7. The molecule has 136 valence electrons. The molecule has 2 aliphatic rings. The van der Waals surface area contributed by atoms with Gasteiger partial charge in [-0.25, -0.2) is 13.6 Å². The van der Waals surface area contributed by atoms with Crippen molar-refractivity contribution in [1.82, 2.24) is 5.32 Å². The molecule has 9 heteroatoms. The first kappa shape index (κ1) is 17.4. The molecular weight excluding hydrogens is 336 g/mol. The number of amides is 1. The summed E-state index contributed by atoms with van der Waals surface area (Å²) in [5, 5.41) is 13.4. The van der Waals surface area contributed by atoms with Crippen molar-refractivity contribution in [3.63, 3.8) is 0 Å². The zero-order valence-electron chi connectivity index (χ0n) is 14.1. The smallest absolute Gasteiger partial charge is 0.407 e. The maximum atomic E-state index is 14.1. The molecule has 2 fully saturated rings. The van der Waals surface area contributed by atoms with E-state index in [1.165, 1.54) is 4.90 Å². The second-order valence-corrected chi connectivity index (χ2v) is 7.42. The first-order valence-electron chi connectivity index (χ1n) is 7.95. The number of nitro groups is 1. The van der Waals surface area contributed by atoms with Gasteiger partial charge in [-0.05, 0) is 20.8 Å².